The maximum atomic E-state index is 13.4. The van der Waals surface area contributed by atoms with Crippen molar-refractivity contribution in [1.29, 1.82) is 0 Å². The smallest absolute Gasteiger partial charge is 0.316 e. The largest absolute Gasteiger partial charge is 0.507 e. The molecule has 0 spiro atoms. The zero-order valence-corrected chi connectivity index (χ0v) is 17.1. The lowest BCUT2D eigenvalue weighted by Crippen LogP contribution is -2.08. The van der Waals surface area contributed by atoms with E-state index in [2.05, 4.69) is 10.2 Å². The Kier molecular flexibility index (Phi) is 6.28. The zero-order chi connectivity index (χ0) is 21.6. The van der Waals surface area contributed by atoms with E-state index in [9.17, 15) is 14.3 Å². The number of aromatic nitrogens is 3. The number of nitrogens with zero attached hydrogens (tertiary/aromatic N) is 3. The average molecular weight is 435 g/mol. The molecule has 0 bridgehead atoms. The third kappa shape index (κ3) is 4.92. The molecular weight excluding hydrogens is 417 g/mol. The van der Waals surface area contributed by atoms with Crippen LogP contribution in [0.1, 0.15) is 5.56 Å². The van der Waals surface area contributed by atoms with Gasteiger partial charge in [-0.1, -0.05) is 54.2 Å². The standard InChI is InChI=1S/C23H18FN3O3S/c24-17-10-12-18(13-11-17)27-22(19-8-4-5-9-20(19)28)25-26-23(27)31-15-21(29)30-14-16-6-2-1-3-7-16/h1-13,28H,14-15H2. The minimum absolute atomic E-state index is 0.0208. The fraction of sp³-hybridized carbons (Fsp3) is 0.0870. The molecule has 0 saturated carbocycles. The quantitative estimate of drug-likeness (QED) is 0.337. The lowest BCUT2D eigenvalue weighted by molar-refractivity contribution is -0.141. The Morgan fingerprint density at radius 1 is 0.968 bits per heavy atom. The minimum Gasteiger partial charge on any atom is -0.507 e. The van der Waals surface area contributed by atoms with E-state index in [1.54, 1.807) is 41.0 Å². The van der Waals surface area contributed by atoms with E-state index < -0.39 is 5.97 Å². The monoisotopic (exact) mass is 435 g/mol. The number of para-hydroxylation sites is 1. The summed E-state index contributed by atoms with van der Waals surface area (Å²) in [5.74, 6) is -0.333. The Balaban J connectivity index is 1.56. The lowest BCUT2D eigenvalue weighted by atomic mass is 10.2. The number of halogens is 1. The van der Waals surface area contributed by atoms with Crippen molar-refractivity contribution in [3.05, 3.63) is 90.2 Å². The Morgan fingerprint density at radius 3 is 2.42 bits per heavy atom. The van der Waals surface area contributed by atoms with E-state index in [0.717, 1.165) is 17.3 Å². The summed E-state index contributed by atoms with van der Waals surface area (Å²) in [4.78, 5) is 12.2. The van der Waals surface area contributed by atoms with Crippen LogP contribution in [0.15, 0.2) is 84.0 Å². The maximum Gasteiger partial charge on any atom is 0.316 e. The van der Waals surface area contributed by atoms with Gasteiger partial charge >= 0.3 is 5.97 Å². The number of benzene rings is 3. The van der Waals surface area contributed by atoms with Crippen LogP contribution in [-0.4, -0.2) is 31.6 Å². The number of phenols is 1. The zero-order valence-electron chi connectivity index (χ0n) is 16.3. The SMILES string of the molecule is O=C(CSc1nnc(-c2ccccc2O)n1-c1ccc(F)cc1)OCc1ccccc1. The summed E-state index contributed by atoms with van der Waals surface area (Å²) in [7, 11) is 0. The number of thioether (sulfide) groups is 1. The number of esters is 1. The number of hydrogen-bond acceptors (Lipinski definition) is 6. The normalized spacial score (nSPS) is 10.7. The van der Waals surface area contributed by atoms with Crippen LogP contribution in [0.25, 0.3) is 17.1 Å². The number of carbonyl (C=O) groups excluding carboxylic acids is 1. The van der Waals surface area contributed by atoms with Gasteiger partial charge in [-0.15, -0.1) is 10.2 Å². The third-order valence-electron chi connectivity index (χ3n) is 4.42. The predicted molar refractivity (Wildman–Crippen MR) is 115 cm³/mol. The van der Waals surface area contributed by atoms with Crippen LogP contribution in [0, 0.1) is 5.82 Å². The molecule has 3 aromatic carbocycles. The van der Waals surface area contributed by atoms with Crippen LogP contribution in [0.3, 0.4) is 0 Å². The van der Waals surface area contributed by atoms with Crippen molar-refractivity contribution in [2.45, 2.75) is 11.8 Å². The van der Waals surface area contributed by atoms with Crippen LogP contribution in [0.5, 0.6) is 5.75 Å². The molecule has 0 aliphatic rings. The van der Waals surface area contributed by atoms with Gasteiger partial charge in [0.05, 0.1) is 11.3 Å². The second-order valence-electron chi connectivity index (χ2n) is 6.57. The highest BCUT2D eigenvalue weighted by Crippen LogP contribution is 2.32. The Morgan fingerprint density at radius 2 is 1.68 bits per heavy atom. The highest BCUT2D eigenvalue weighted by atomic mass is 32.2. The predicted octanol–water partition coefficient (Wildman–Crippen LogP) is 4.61. The van der Waals surface area contributed by atoms with Gasteiger partial charge in [-0.3, -0.25) is 9.36 Å². The first-order valence-electron chi connectivity index (χ1n) is 9.44. The summed E-state index contributed by atoms with van der Waals surface area (Å²) in [6.07, 6.45) is 0. The molecule has 0 saturated heterocycles. The van der Waals surface area contributed by atoms with E-state index in [0.29, 0.717) is 22.2 Å². The molecule has 8 heteroatoms. The second-order valence-corrected chi connectivity index (χ2v) is 7.51. The number of phenolic OH excluding ortho intramolecular Hbond substituents is 1. The molecule has 4 rings (SSSR count). The highest BCUT2D eigenvalue weighted by molar-refractivity contribution is 7.99. The summed E-state index contributed by atoms with van der Waals surface area (Å²) in [6.45, 7) is 0.189. The fourth-order valence-electron chi connectivity index (χ4n) is 2.93. The van der Waals surface area contributed by atoms with E-state index in [-0.39, 0.29) is 23.9 Å². The minimum atomic E-state index is -0.397. The molecule has 0 unspecified atom stereocenters. The van der Waals surface area contributed by atoms with Crippen molar-refractivity contribution >= 4 is 17.7 Å². The molecule has 4 aromatic rings. The van der Waals surface area contributed by atoms with Crippen LogP contribution in [-0.2, 0) is 16.1 Å². The Hall–Kier alpha value is -3.65. The van der Waals surface area contributed by atoms with Crippen molar-refractivity contribution in [2.75, 3.05) is 5.75 Å². The highest BCUT2D eigenvalue weighted by Gasteiger charge is 2.19. The summed E-state index contributed by atoms with van der Waals surface area (Å²) in [5, 5.41) is 19.1. The van der Waals surface area contributed by atoms with Gasteiger partial charge in [0.2, 0.25) is 0 Å². The van der Waals surface area contributed by atoms with E-state index in [1.807, 2.05) is 30.3 Å². The van der Waals surface area contributed by atoms with Gasteiger partial charge in [0.15, 0.2) is 11.0 Å². The van der Waals surface area contributed by atoms with Gasteiger partial charge in [0.25, 0.3) is 0 Å². The molecule has 1 heterocycles. The first kappa shape index (κ1) is 20.6. The topological polar surface area (TPSA) is 77.2 Å². The Labute approximate surface area is 182 Å². The summed E-state index contributed by atoms with van der Waals surface area (Å²) >= 11 is 1.15. The van der Waals surface area contributed by atoms with Crippen molar-refractivity contribution in [3.63, 3.8) is 0 Å². The molecular formula is C23H18FN3O3S. The molecule has 31 heavy (non-hydrogen) atoms. The van der Waals surface area contributed by atoms with Crippen molar-refractivity contribution in [2.24, 2.45) is 0 Å². The molecule has 1 aromatic heterocycles. The number of ether oxygens (including phenoxy) is 1. The Bertz CT molecular complexity index is 1180. The maximum absolute atomic E-state index is 13.4. The van der Waals surface area contributed by atoms with Crippen LogP contribution >= 0.6 is 11.8 Å². The lowest BCUT2D eigenvalue weighted by Gasteiger charge is -2.11. The van der Waals surface area contributed by atoms with Crippen molar-refractivity contribution in [1.82, 2.24) is 14.8 Å². The van der Waals surface area contributed by atoms with Crippen molar-refractivity contribution < 1.29 is 19.0 Å². The molecule has 0 atom stereocenters. The van der Waals surface area contributed by atoms with Crippen LogP contribution < -0.4 is 0 Å². The van der Waals surface area contributed by atoms with E-state index in [1.165, 1.54) is 12.1 Å². The fourth-order valence-corrected chi connectivity index (χ4v) is 3.68. The third-order valence-corrected chi connectivity index (χ3v) is 5.33. The van der Waals surface area contributed by atoms with Gasteiger partial charge in [-0.25, -0.2) is 4.39 Å². The number of carbonyl (C=O) groups is 1. The number of hydrogen-bond donors (Lipinski definition) is 1. The molecule has 0 aliphatic carbocycles. The number of aromatic hydroxyl groups is 1. The molecule has 6 nitrogen and oxygen atoms in total. The molecule has 0 aliphatic heterocycles. The molecule has 0 fully saturated rings. The van der Waals surface area contributed by atoms with Gasteiger partial charge in [0, 0.05) is 5.69 Å². The average Bonchev–Trinajstić information content (AvgIpc) is 3.21. The number of rotatable bonds is 7. The van der Waals surface area contributed by atoms with Crippen LogP contribution in [0.4, 0.5) is 4.39 Å². The van der Waals surface area contributed by atoms with Gasteiger partial charge in [-0.2, -0.15) is 0 Å². The van der Waals surface area contributed by atoms with Gasteiger partial charge in [-0.05, 0) is 42.0 Å². The van der Waals surface area contributed by atoms with E-state index in [4.69, 9.17) is 4.74 Å². The van der Waals surface area contributed by atoms with Crippen LogP contribution in [0.2, 0.25) is 0 Å². The summed E-state index contributed by atoms with van der Waals surface area (Å²) in [5.41, 5.74) is 1.97. The molecule has 1 N–H and O–H groups in total. The van der Waals surface area contributed by atoms with Crippen molar-refractivity contribution in [3.8, 4) is 22.8 Å². The summed E-state index contributed by atoms with van der Waals surface area (Å²) in [6, 6.07) is 22.0. The summed E-state index contributed by atoms with van der Waals surface area (Å²) < 4.78 is 20.4. The van der Waals surface area contributed by atoms with Gasteiger partial charge < -0.3 is 9.84 Å². The first-order chi connectivity index (χ1) is 15.1. The molecule has 0 amide bonds. The molecule has 0 radical (unpaired) electrons. The first-order valence-corrected chi connectivity index (χ1v) is 10.4. The molecule has 156 valence electrons. The van der Waals surface area contributed by atoms with E-state index >= 15 is 0 Å². The van der Waals surface area contributed by atoms with Gasteiger partial charge in [0.1, 0.15) is 18.2 Å². The second kappa shape index (κ2) is 9.44.